The number of nitro groups is 1. The largest absolute Gasteiger partial charge is 0.497 e. The molecule has 4 aromatic rings. The zero-order chi connectivity index (χ0) is 19.5. The number of rotatable bonds is 6. The van der Waals surface area contributed by atoms with Crippen LogP contribution >= 0.6 is 0 Å². The second kappa shape index (κ2) is 7.36. The number of methoxy groups -OCH3 is 1. The fraction of sp³-hybridized carbons (Fsp3) is 0.100. The first-order valence-corrected chi connectivity index (χ1v) is 8.60. The summed E-state index contributed by atoms with van der Waals surface area (Å²) in [5, 5.41) is 14.2. The van der Waals surface area contributed by atoms with Crippen molar-refractivity contribution >= 4 is 17.2 Å². The summed E-state index contributed by atoms with van der Waals surface area (Å²) in [5.41, 5.74) is 2.77. The molecule has 2 aromatic heterocycles. The predicted octanol–water partition coefficient (Wildman–Crippen LogP) is 3.93. The third kappa shape index (κ3) is 3.35. The summed E-state index contributed by atoms with van der Waals surface area (Å²) < 4.78 is 7.07. The highest BCUT2D eigenvalue weighted by atomic mass is 16.6. The Bertz CT molecular complexity index is 1120. The van der Waals surface area contributed by atoms with Gasteiger partial charge >= 0.3 is 0 Å². The summed E-state index contributed by atoms with van der Waals surface area (Å²) in [4.78, 5) is 19.4. The highest BCUT2D eigenvalue weighted by molar-refractivity contribution is 5.66. The lowest BCUT2D eigenvalue weighted by Crippen LogP contribution is -2.07. The van der Waals surface area contributed by atoms with Crippen LogP contribution in [0.3, 0.4) is 0 Å². The van der Waals surface area contributed by atoms with Gasteiger partial charge in [-0.2, -0.15) is 0 Å². The number of nitro benzene ring substituents is 1. The van der Waals surface area contributed by atoms with Crippen molar-refractivity contribution < 1.29 is 9.66 Å². The van der Waals surface area contributed by atoms with Crippen molar-refractivity contribution in [2.45, 2.75) is 6.54 Å². The van der Waals surface area contributed by atoms with Crippen molar-refractivity contribution in [1.82, 2.24) is 14.4 Å². The number of anilines is 1. The van der Waals surface area contributed by atoms with Gasteiger partial charge < -0.3 is 10.1 Å². The lowest BCUT2D eigenvalue weighted by Gasteiger charge is -2.11. The number of nitrogens with one attached hydrogen (secondary N) is 1. The average Bonchev–Trinajstić information content (AvgIpc) is 3.17. The summed E-state index contributed by atoms with van der Waals surface area (Å²) in [6.07, 6.45) is 3.46. The maximum Gasteiger partial charge on any atom is 0.269 e. The van der Waals surface area contributed by atoms with Crippen LogP contribution in [0.15, 0.2) is 67.0 Å². The molecule has 8 heteroatoms. The van der Waals surface area contributed by atoms with E-state index in [2.05, 4.69) is 15.3 Å². The second-order valence-electron chi connectivity index (χ2n) is 6.12. The first-order valence-electron chi connectivity index (χ1n) is 8.60. The fourth-order valence-corrected chi connectivity index (χ4v) is 2.93. The van der Waals surface area contributed by atoms with Crippen molar-refractivity contribution in [2.24, 2.45) is 0 Å². The summed E-state index contributed by atoms with van der Waals surface area (Å²) in [5.74, 6) is 2.11. The molecule has 0 unspecified atom stereocenters. The van der Waals surface area contributed by atoms with E-state index < -0.39 is 4.92 Å². The third-order valence-electron chi connectivity index (χ3n) is 4.39. The standard InChI is InChI=1S/C20H17N5O3/c1-28-18-8-2-14(3-9-18)12-23-20-21-11-10-17-13-22-19(24(17)20)15-4-6-16(7-5-15)25(26)27/h2-11,13H,12H2,1H3,(H,21,23). The van der Waals surface area contributed by atoms with E-state index >= 15 is 0 Å². The molecule has 140 valence electrons. The van der Waals surface area contributed by atoms with Gasteiger partial charge in [-0.05, 0) is 35.9 Å². The number of benzene rings is 2. The molecular weight excluding hydrogens is 358 g/mol. The van der Waals surface area contributed by atoms with Gasteiger partial charge in [-0.3, -0.25) is 14.5 Å². The van der Waals surface area contributed by atoms with Gasteiger partial charge in [-0.25, -0.2) is 9.97 Å². The quantitative estimate of drug-likeness (QED) is 0.405. The van der Waals surface area contributed by atoms with E-state index in [1.165, 1.54) is 12.1 Å². The first kappa shape index (κ1) is 17.5. The molecule has 2 aromatic carbocycles. The third-order valence-corrected chi connectivity index (χ3v) is 4.39. The Balaban J connectivity index is 1.65. The average molecular weight is 375 g/mol. The molecule has 0 fully saturated rings. The Hall–Kier alpha value is -3.94. The smallest absolute Gasteiger partial charge is 0.269 e. The molecule has 0 aliphatic rings. The maximum absolute atomic E-state index is 10.9. The number of imidazole rings is 1. The summed E-state index contributed by atoms with van der Waals surface area (Å²) in [6.45, 7) is 0.577. The Kier molecular flexibility index (Phi) is 4.59. The van der Waals surface area contributed by atoms with E-state index in [-0.39, 0.29) is 5.69 Å². The first-order chi connectivity index (χ1) is 13.7. The highest BCUT2D eigenvalue weighted by Gasteiger charge is 2.12. The molecule has 0 amide bonds. The molecule has 0 radical (unpaired) electrons. The Labute approximate surface area is 160 Å². The van der Waals surface area contributed by atoms with Crippen LogP contribution in [0.2, 0.25) is 0 Å². The van der Waals surface area contributed by atoms with Crippen LogP contribution in [-0.2, 0) is 6.54 Å². The Morgan fingerprint density at radius 1 is 1.07 bits per heavy atom. The van der Waals surface area contributed by atoms with E-state index in [0.717, 1.165) is 22.4 Å². The van der Waals surface area contributed by atoms with E-state index in [9.17, 15) is 10.1 Å². The van der Waals surface area contributed by atoms with Gasteiger partial charge in [-0.1, -0.05) is 12.1 Å². The molecule has 0 saturated carbocycles. The van der Waals surface area contributed by atoms with Crippen LogP contribution in [0.1, 0.15) is 5.56 Å². The van der Waals surface area contributed by atoms with Gasteiger partial charge in [0.2, 0.25) is 5.95 Å². The molecule has 28 heavy (non-hydrogen) atoms. The minimum Gasteiger partial charge on any atom is -0.497 e. The van der Waals surface area contributed by atoms with Crippen molar-refractivity contribution in [2.75, 3.05) is 12.4 Å². The number of nitrogens with zero attached hydrogens (tertiary/aromatic N) is 4. The summed E-state index contributed by atoms with van der Waals surface area (Å²) in [6, 6.07) is 16.0. The van der Waals surface area contributed by atoms with Crippen LogP contribution in [0.4, 0.5) is 11.6 Å². The number of hydrogen-bond acceptors (Lipinski definition) is 6. The van der Waals surface area contributed by atoms with Gasteiger partial charge in [0.25, 0.3) is 5.69 Å². The zero-order valence-electron chi connectivity index (χ0n) is 15.1. The second-order valence-corrected chi connectivity index (χ2v) is 6.12. The van der Waals surface area contributed by atoms with Crippen molar-refractivity contribution in [3.8, 4) is 17.1 Å². The maximum atomic E-state index is 10.9. The lowest BCUT2D eigenvalue weighted by molar-refractivity contribution is -0.384. The van der Waals surface area contributed by atoms with Crippen LogP contribution in [0.5, 0.6) is 5.75 Å². The summed E-state index contributed by atoms with van der Waals surface area (Å²) in [7, 11) is 1.64. The molecule has 0 bridgehead atoms. The van der Waals surface area contributed by atoms with E-state index in [1.807, 2.05) is 34.7 Å². The minimum absolute atomic E-state index is 0.0422. The molecule has 0 spiro atoms. The molecule has 1 N–H and O–H groups in total. The normalized spacial score (nSPS) is 10.8. The van der Waals surface area contributed by atoms with E-state index in [1.54, 1.807) is 31.6 Å². The van der Waals surface area contributed by atoms with Crippen molar-refractivity contribution in [3.05, 3.63) is 82.7 Å². The van der Waals surface area contributed by atoms with Crippen LogP contribution in [0, 0.1) is 10.1 Å². The van der Waals surface area contributed by atoms with E-state index in [4.69, 9.17) is 4.74 Å². The Morgan fingerprint density at radius 2 is 1.82 bits per heavy atom. The van der Waals surface area contributed by atoms with Gasteiger partial charge in [0.1, 0.15) is 11.6 Å². The number of non-ortho nitro benzene ring substituents is 1. The number of hydrogen-bond donors (Lipinski definition) is 1. The van der Waals surface area contributed by atoms with Crippen molar-refractivity contribution in [3.63, 3.8) is 0 Å². The summed E-state index contributed by atoms with van der Waals surface area (Å²) >= 11 is 0. The van der Waals surface area contributed by atoms with Gasteiger partial charge in [0.05, 0.1) is 23.7 Å². The van der Waals surface area contributed by atoms with Crippen LogP contribution in [0.25, 0.3) is 16.9 Å². The molecule has 2 heterocycles. The molecule has 0 aliphatic heterocycles. The minimum atomic E-state index is -0.420. The molecule has 0 saturated heterocycles. The fourth-order valence-electron chi connectivity index (χ4n) is 2.93. The zero-order valence-corrected chi connectivity index (χ0v) is 15.1. The van der Waals surface area contributed by atoms with Crippen LogP contribution in [-0.4, -0.2) is 26.4 Å². The molecule has 8 nitrogen and oxygen atoms in total. The number of aromatic nitrogens is 3. The van der Waals surface area contributed by atoms with Crippen molar-refractivity contribution in [1.29, 1.82) is 0 Å². The van der Waals surface area contributed by atoms with Gasteiger partial charge in [0.15, 0.2) is 0 Å². The van der Waals surface area contributed by atoms with Crippen LogP contribution < -0.4 is 10.1 Å². The molecule has 0 atom stereocenters. The van der Waals surface area contributed by atoms with Gasteiger partial charge in [-0.15, -0.1) is 0 Å². The Morgan fingerprint density at radius 3 is 2.50 bits per heavy atom. The topological polar surface area (TPSA) is 94.6 Å². The monoisotopic (exact) mass is 375 g/mol. The predicted molar refractivity (Wildman–Crippen MR) is 105 cm³/mol. The molecule has 4 rings (SSSR count). The van der Waals surface area contributed by atoms with Gasteiger partial charge in [0, 0.05) is 30.4 Å². The lowest BCUT2D eigenvalue weighted by atomic mass is 10.2. The number of fused-ring (bicyclic) bond motifs is 1. The number of ether oxygens (including phenoxy) is 1. The SMILES string of the molecule is COc1ccc(CNc2nccc3cnc(-c4ccc([N+](=O)[O-])cc4)n23)cc1. The molecule has 0 aliphatic carbocycles. The van der Waals surface area contributed by atoms with E-state index in [0.29, 0.717) is 18.3 Å². The molecular formula is C20H17N5O3. The highest BCUT2D eigenvalue weighted by Crippen LogP contribution is 2.25.